The molecule has 0 saturated heterocycles. The molecule has 0 unspecified atom stereocenters. The van der Waals surface area contributed by atoms with Gasteiger partial charge in [-0.15, -0.1) is 0 Å². The lowest BCUT2D eigenvalue weighted by Gasteiger charge is -2.18. The zero-order valence-electron chi connectivity index (χ0n) is 32.4. The number of fused-ring (bicyclic) bond motifs is 6. The van der Waals surface area contributed by atoms with Gasteiger partial charge in [-0.25, -0.2) is 15.0 Å². The molecular weight excluding hydrogens is 729 g/mol. The molecule has 10 aromatic carbocycles. The smallest absolute Gasteiger partial charge is 0.164 e. The van der Waals surface area contributed by atoms with Crippen LogP contribution in [0, 0.1) is 11.3 Å². The summed E-state index contributed by atoms with van der Waals surface area (Å²) in [7, 11) is 0. The van der Waals surface area contributed by atoms with Crippen LogP contribution in [0.2, 0.25) is 0 Å². The van der Waals surface area contributed by atoms with Gasteiger partial charge in [0.05, 0.1) is 11.6 Å². The molecule has 0 aliphatic carbocycles. The van der Waals surface area contributed by atoms with Crippen LogP contribution in [0.1, 0.15) is 5.56 Å². The fourth-order valence-corrected chi connectivity index (χ4v) is 8.69. The lowest BCUT2D eigenvalue weighted by atomic mass is 9.85. The van der Waals surface area contributed by atoms with Gasteiger partial charge in [0.25, 0.3) is 0 Å². The minimum atomic E-state index is 0.627. The van der Waals surface area contributed by atoms with Crippen LogP contribution in [0.25, 0.3) is 111 Å². The van der Waals surface area contributed by atoms with Crippen LogP contribution >= 0.6 is 0 Å². The van der Waals surface area contributed by atoms with Crippen molar-refractivity contribution in [1.29, 1.82) is 5.26 Å². The zero-order valence-corrected chi connectivity index (χ0v) is 32.4. The second-order valence-corrected chi connectivity index (χ2v) is 15.0. The van der Waals surface area contributed by atoms with Crippen LogP contribution in [0.15, 0.2) is 206 Å². The Balaban J connectivity index is 1.08. The Kier molecular flexibility index (Phi) is 8.50. The van der Waals surface area contributed by atoms with E-state index in [1.165, 1.54) is 54.2 Å². The summed E-state index contributed by atoms with van der Waals surface area (Å²) in [5.41, 5.74) is 10.3. The van der Waals surface area contributed by atoms with Gasteiger partial charge in [-0.3, -0.25) is 0 Å². The molecule has 1 aromatic heterocycles. The van der Waals surface area contributed by atoms with Gasteiger partial charge in [0.1, 0.15) is 0 Å². The molecule has 4 nitrogen and oxygen atoms in total. The maximum absolute atomic E-state index is 9.47. The van der Waals surface area contributed by atoms with Crippen molar-refractivity contribution in [2.45, 2.75) is 0 Å². The van der Waals surface area contributed by atoms with Gasteiger partial charge in [-0.05, 0) is 107 Å². The highest BCUT2D eigenvalue weighted by Crippen LogP contribution is 2.44. The van der Waals surface area contributed by atoms with Crippen molar-refractivity contribution in [1.82, 2.24) is 15.0 Å². The molecule has 278 valence electrons. The summed E-state index contributed by atoms with van der Waals surface area (Å²) in [5, 5.41) is 19.0. The largest absolute Gasteiger partial charge is 0.208 e. The second-order valence-electron chi connectivity index (χ2n) is 15.0. The number of nitrogens with zero attached hydrogens (tertiary/aromatic N) is 4. The summed E-state index contributed by atoms with van der Waals surface area (Å²) in [5.74, 6) is 1.91. The Morgan fingerprint density at radius 3 is 1.25 bits per heavy atom. The number of benzene rings is 10. The fraction of sp³-hybridized carbons (Fsp3) is 0. The predicted molar refractivity (Wildman–Crippen MR) is 247 cm³/mol. The molecule has 0 radical (unpaired) electrons. The normalized spacial score (nSPS) is 11.3. The first-order valence-corrected chi connectivity index (χ1v) is 20.1. The first-order valence-electron chi connectivity index (χ1n) is 20.1. The molecule has 0 aliphatic rings. The van der Waals surface area contributed by atoms with E-state index in [4.69, 9.17) is 15.0 Å². The van der Waals surface area contributed by atoms with Gasteiger partial charge in [0.2, 0.25) is 0 Å². The van der Waals surface area contributed by atoms with Crippen LogP contribution in [-0.2, 0) is 0 Å². The Bertz CT molecular complexity index is 3420. The van der Waals surface area contributed by atoms with Gasteiger partial charge in [-0.2, -0.15) is 5.26 Å². The second kappa shape index (κ2) is 14.6. The van der Waals surface area contributed by atoms with Crippen molar-refractivity contribution in [3.8, 4) is 73.6 Å². The van der Waals surface area contributed by atoms with Crippen molar-refractivity contribution in [2.75, 3.05) is 0 Å². The van der Waals surface area contributed by atoms with Gasteiger partial charge < -0.3 is 0 Å². The molecule has 11 aromatic rings. The third kappa shape index (κ3) is 6.05. The average Bonchev–Trinajstić information content (AvgIpc) is 3.33. The molecule has 0 N–H and O–H groups in total. The Hall–Kier alpha value is -8.26. The Morgan fingerprint density at radius 1 is 0.267 bits per heavy atom. The lowest BCUT2D eigenvalue weighted by Crippen LogP contribution is -2.00. The standard InChI is InChI=1S/C56H34N4/c57-35-36-26-28-37(29-27-36)50-33-52-48-25-12-11-24-47(48)51(34-53(52)46-23-10-9-22-45(46)50)49-31-30-42(43-20-7-8-21-44(43)49)40-18-13-19-41(32-40)56-59-54(38-14-3-1-4-15-38)58-55(60-56)39-16-5-2-6-17-39/h1-34H. The summed E-state index contributed by atoms with van der Waals surface area (Å²) in [6, 6.07) is 74.3. The zero-order chi connectivity index (χ0) is 40.0. The molecule has 1 heterocycles. The Labute approximate surface area is 347 Å². The molecule has 11 rings (SSSR count). The van der Waals surface area contributed by atoms with Crippen molar-refractivity contribution in [3.63, 3.8) is 0 Å². The van der Waals surface area contributed by atoms with Crippen molar-refractivity contribution in [3.05, 3.63) is 212 Å². The quantitative estimate of drug-likeness (QED) is 0.158. The summed E-state index contributed by atoms with van der Waals surface area (Å²) < 4.78 is 0. The highest BCUT2D eigenvalue weighted by atomic mass is 15.0. The number of aromatic nitrogens is 3. The van der Waals surface area contributed by atoms with E-state index in [1.807, 2.05) is 72.8 Å². The Morgan fingerprint density at radius 2 is 0.683 bits per heavy atom. The first kappa shape index (κ1) is 34.9. The van der Waals surface area contributed by atoms with E-state index in [0.717, 1.165) is 38.9 Å². The van der Waals surface area contributed by atoms with Crippen LogP contribution in [0.5, 0.6) is 0 Å². The summed E-state index contributed by atoms with van der Waals surface area (Å²) in [6.07, 6.45) is 0. The van der Waals surface area contributed by atoms with E-state index in [0.29, 0.717) is 23.0 Å². The molecule has 4 heteroatoms. The molecule has 0 aliphatic heterocycles. The summed E-state index contributed by atoms with van der Waals surface area (Å²) >= 11 is 0. The van der Waals surface area contributed by atoms with E-state index in [-0.39, 0.29) is 0 Å². The van der Waals surface area contributed by atoms with Crippen molar-refractivity contribution in [2.24, 2.45) is 0 Å². The molecule has 0 bridgehead atoms. The maximum atomic E-state index is 9.47. The number of hydrogen-bond acceptors (Lipinski definition) is 4. The third-order valence-electron chi connectivity index (χ3n) is 11.6. The van der Waals surface area contributed by atoms with Gasteiger partial charge in [0, 0.05) is 16.7 Å². The molecule has 0 spiro atoms. The third-order valence-corrected chi connectivity index (χ3v) is 11.6. The summed E-state index contributed by atoms with van der Waals surface area (Å²) in [6.45, 7) is 0. The fourth-order valence-electron chi connectivity index (χ4n) is 8.69. The molecule has 0 saturated carbocycles. The van der Waals surface area contributed by atoms with E-state index < -0.39 is 0 Å². The predicted octanol–water partition coefficient (Wildman–Crippen LogP) is 14.4. The molecule has 60 heavy (non-hydrogen) atoms. The number of rotatable bonds is 6. The molecule has 0 atom stereocenters. The van der Waals surface area contributed by atoms with Crippen LogP contribution in [-0.4, -0.2) is 15.0 Å². The minimum Gasteiger partial charge on any atom is -0.208 e. The van der Waals surface area contributed by atoms with E-state index in [2.05, 4.69) is 140 Å². The average molecular weight is 763 g/mol. The van der Waals surface area contributed by atoms with Crippen LogP contribution in [0.3, 0.4) is 0 Å². The highest BCUT2D eigenvalue weighted by molar-refractivity contribution is 6.25. The molecule has 0 amide bonds. The van der Waals surface area contributed by atoms with Gasteiger partial charge in [-0.1, -0.05) is 176 Å². The van der Waals surface area contributed by atoms with Gasteiger partial charge in [0.15, 0.2) is 17.5 Å². The molecular formula is C56H34N4. The highest BCUT2D eigenvalue weighted by Gasteiger charge is 2.18. The topological polar surface area (TPSA) is 62.5 Å². The van der Waals surface area contributed by atoms with Crippen LogP contribution < -0.4 is 0 Å². The van der Waals surface area contributed by atoms with Crippen molar-refractivity contribution >= 4 is 43.1 Å². The monoisotopic (exact) mass is 762 g/mol. The van der Waals surface area contributed by atoms with E-state index in [9.17, 15) is 5.26 Å². The van der Waals surface area contributed by atoms with Crippen LogP contribution in [0.4, 0.5) is 0 Å². The van der Waals surface area contributed by atoms with Gasteiger partial charge >= 0.3 is 0 Å². The first-order chi connectivity index (χ1) is 29.7. The van der Waals surface area contributed by atoms with Crippen molar-refractivity contribution < 1.29 is 0 Å². The maximum Gasteiger partial charge on any atom is 0.164 e. The lowest BCUT2D eigenvalue weighted by molar-refractivity contribution is 1.07. The SMILES string of the molecule is N#Cc1ccc(-c2cc3c4ccccc4c(-c4ccc(-c5cccc(-c6nc(-c7ccccc7)nc(-c7ccccc7)n6)c5)c5ccccc45)cc3c3ccccc23)cc1. The number of nitriles is 1. The van der Waals surface area contributed by atoms with E-state index >= 15 is 0 Å². The van der Waals surface area contributed by atoms with E-state index in [1.54, 1.807) is 0 Å². The molecule has 0 fully saturated rings. The number of hydrogen-bond donors (Lipinski definition) is 0. The summed E-state index contributed by atoms with van der Waals surface area (Å²) in [4.78, 5) is 15.0. The minimum absolute atomic E-state index is 0.627.